The molecule has 104 valence electrons. The Morgan fingerprint density at radius 1 is 1.40 bits per heavy atom. The Morgan fingerprint density at radius 3 is 2.85 bits per heavy atom. The summed E-state index contributed by atoms with van der Waals surface area (Å²) in [6.07, 6.45) is 3.52. The quantitative estimate of drug-likeness (QED) is 0.900. The van der Waals surface area contributed by atoms with Gasteiger partial charge in [0, 0.05) is 6.20 Å². The molecular formula is C13H13ClN4O2. The number of H-pyrrole nitrogens is 2. The summed E-state index contributed by atoms with van der Waals surface area (Å²) in [5.41, 5.74) is 0.592. The zero-order chi connectivity index (χ0) is 14.3. The van der Waals surface area contributed by atoms with Crippen LogP contribution in [0.2, 0.25) is 5.15 Å². The molecule has 0 aliphatic heterocycles. The highest BCUT2D eigenvalue weighted by Crippen LogP contribution is 2.51. The van der Waals surface area contributed by atoms with E-state index in [4.69, 9.17) is 11.6 Å². The van der Waals surface area contributed by atoms with Crippen molar-refractivity contribution in [2.45, 2.75) is 25.7 Å². The lowest BCUT2D eigenvalue weighted by molar-refractivity contribution is 0.763. The van der Waals surface area contributed by atoms with Gasteiger partial charge in [-0.2, -0.15) is 0 Å². The second kappa shape index (κ2) is 4.86. The minimum atomic E-state index is -0.547. The van der Waals surface area contributed by atoms with Gasteiger partial charge >= 0.3 is 5.69 Å². The molecule has 6 nitrogen and oxygen atoms in total. The van der Waals surface area contributed by atoms with E-state index in [0.717, 1.165) is 18.4 Å². The molecule has 0 unspecified atom stereocenters. The topological polar surface area (TPSA) is 91.5 Å². The Bertz CT molecular complexity index is 767. The Morgan fingerprint density at radius 2 is 2.20 bits per heavy atom. The summed E-state index contributed by atoms with van der Waals surface area (Å²) in [4.78, 5) is 27.4. The van der Waals surface area contributed by atoms with Crippen molar-refractivity contribution in [1.29, 1.82) is 0 Å². The van der Waals surface area contributed by atoms with Crippen LogP contribution in [0.15, 0.2) is 21.9 Å². The van der Waals surface area contributed by atoms with Crippen LogP contribution in [-0.2, 0) is 0 Å². The van der Waals surface area contributed by atoms with Gasteiger partial charge < -0.3 is 4.98 Å². The summed E-state index contributed by atoms with van der Waals surface area (Å²) in [5, 5.41) is 8.24. The normalized spacial score (nSPS) is 20.9. The van der Waals surface area contributed by atoms with Gasteiger partial charge in [-0.1, -0.05) is 24.9 Å². The second-order valence-electron chi connectivity index (χ2n) is 4.97. The van der Waals surface area contributed by atoms with E-state index in [1.165, 1.54) is 6.20 Å². The van der Waals surface area contributed by atoms with Gasteiger partial charge in [-0.3, -0.25) is 9.78 Å². The minimum absolute atomic E-state index is 0.281. The van der Waals surface area contributed by atoms with Gasteiger partial charge in [0.2, 0.25) is 0 Å². The first-order valence-corrected chi connectivity index (χ1v) is 6.83. The molecule has 0 aromatic carbocycles. The van der Waals surface area contributed by atoms with Crippen molar-refractivity contribution < 1.29 is 0 Å². The molecule has 0 radical (unpaired) electrons. The summed E-state index contributed by atoms with van der Waals surface area (Å²) in [6.45, 7) is 2.14. The monoisotopic (exact) mass is 292 g/mol. The van der Waals surface area contributed by atoms with E-state index in [0.29, 0.717) is 22.7 Å². The Labute approximate surface area is 119 Å². The maximum Gasteiger partial charge on any atom is 0.325 e. The highest BCUT2D eigenvalue weighted by molar-refractivity contribution is 6.30. The summed E-state index contributed by atoms with van der Waals surface area (Å²) in [7, 11) is 0. The molecule has 20 heavy (non-hydrogen) atoms. The lowest BCUT2D eigenvalue weighted by Crippen LogP contribution is -2.23. The van der Waals surface area contributed by atoms with Gasteiger partial charge in [-0.25, -0.2) is 4.79 Å². The van der Waals surface area contributed by atoms with Crippen LogP contribution in [0.1, 0.15) is 31.2 Å². The second-order valence-corrected chi connectivity index (χ2v) is 5.33. The van der Waals surface area contributed by atoms with Crippen LogP contribution < -0.4 is 11.2 Å². The number of nitrogens with zero attached hydrogens (tertiary/aromatic N) is 2. The Balaban J connectivity index is 2.05. The fourth-order valence-corrected chi connectivity index (χ4v) is 2.70. The maximum atomic E-state index is 11.8. The molecule has 1 saturated carbocycles. The van der Waals surface area contributed by atoms with Crippen molar-refractivity contribution >= 4 is 11.6 Å². The summed E-state index contributed by atoms with van der Waals surface area (Å²) < 4.78 is 0. The number of nitrogens with one attached hydrogen (secondary N) is 2. The SMILES string of the molecule is CC[C@H]1C[C@@H]1c1cc(-c2c[nH]c(=O)[nH]c2=O)nnc1Cl. The molecular weight excluding hydrogens is 280 g/mol. The molecule has 7 heteroatoms. The molecule has 2 heterocycles. The molecule has 0 saturated heterocycles. The molecule has 2 aromatic rings. The smallest absolute Gasteiger partial charge is 0.313 e. The van der Waals surface area contributed by atoms with E-state index in [1.54, 1.807) is 6.07 Å². The molecule has 1 aliphatic rings. The van der Waals surface area contributed by atoms with Crippen molar-refractivity contribution in [3.63, 3.8) is 0 Å². The van der Waals surface area contributed by atoms with E-state index in [9.17, 15) is 9.59 Å². The van der Waals surface area contributed by atoms with Gasteiger partial charge in [0.1, 0.15) is 5.69 Å². The fourth-order valence-electron chi connectivity index (χ4n) is 2.46. The molecule has 2 atom stereocenters. The highest BCUT2D eigenvalue weighted by atomic mass is 35.5. The fraction of sp³-hybridized carbons (Fsp3) is 0.385. The maximum absolute atomic E-state index is 11.8. The predicted octanol–water partition coefficient (Wildman–Crippen LogP) is 1.69. The molecule has 0 amide bonds. The van der Waals surface area contributed by atoms with Crippen molar-refractivity contribution in [2.24, 2.45) is 5.92 Å². The van der Waals surface area contributed by atoms with Crippen LogP contribution in [0, 0.1) is 5.92 Å². The van der Waals surface area contributed by atoms with Crippen molar-refractivity contribution in [3.8, 4) is 11.3 Å². The molecule has 0 bridgehead atoms. The molecule has 2 N–H and O–H groups in total. The predicted molar refractivity (Wildman–Crippen MR) is 74.9 cm³/mol. The number of aromatic amines is 2. The first-order valence-electron chi connectivity index (χ1n) is 6.45. The number of halogens is 1. The van der Waals surface area contributed by atoms with Crippen molar-refractivity contribution in [2.75, 3.05) is 0 Å². The van der Waals surface area contributed by atoms with E-state index >= 15 is 0 Å². The lowest BCUT2D eigenvalue weighted by Gasteiger charge is -2.04. The van der Waals surface area contributed by atoms with Crippen LogP contribution in [0.25, 0.3) is 11.3 Å². The van der Waals surface area contributed by atoms with Crippen LogP contribution in [0.3, 0.4) is 0 Å². The third-order valence-electron chi connectivity index (χ3n) is 3.72. The average molecular weight is 293 g/mol. The van der Waals surface area contributed by atoms with Gasteiger partial charge in [-0.05, 0) is 29.9 Å². The van der Waals surface area contributed by atoms with Crippen LogP contribution in [0.4, 0.5) is 0 Å². The van der Waals surface area contributed by atoms with Crippen LogP contribution in [0.5, 0.6) is 0 Å². The highest BCUT2D eigenvalue weighted by Gasteiger charge is 2.38. The summed E-state index contributed by atoms with van der Waals surface area (Å²) in [6, 6.07) is 1.79. The van der Waals surface area contributed by atoms with Gasteiger partial charge in [0.15, 0.2) is 5.15 Å². The molecule has 0 spiro atoms. The first-order chi connectivity index (χ1) is 9.60. The van der Waals surface area contributed by atoms with Gasteiger partial charge in [0.05, 0.1) is 5.56 Å². The Hall–Kier alpha value is -1.95. The third kappa shape index (κ3) is 2.27. The number of hydrogen-bond donors (Lipinski definition) is 2. The Kier molecular flexibility index (Phi) is 3.17. The third-order valence-corrected chi connectivity index (χ3v) is 4.01. The zero-order valence-electron chi connectivity index (χ0n) is 10.8. The van der Waals surface area contributed by atoms with Crippen LogP contribution >= 0.6 is 11.6 Å². The summed E-state index contributed by atoms with van der Waals surface area (Å²) >= 11 is 6.09. The number of hydrogen-bond acceptors (Lipinski definition) is 4. The standard InChI is InChI=1S/C13H13ClN4O2/c1-2-6-3-7(6)8-4-10(17-18-11(8)14)9-5-15-13(20)16-12(9)19/h4-7H,2-3H2,1H3,(H2,15,16,19,20)/t6-,7-/m0/s1. The van der Waals surface area contributed by atoms with Crippen molar-refractivity contribution in [3.05, 3.63) is 43.8 Å². The zero-order valence-corrected chi connectivity index (χ0v) is 11.6. The summed E-state index contributed by atoms with van der Waals surface area (Å²) in [5.74, 6) is 1.02. The van der Waals surface area contributed by atoms with Crippen LogP contribution in [-0.4, -0.2) is 20.2 Å². The minimum Gasteiger partial charge on any atom is -0.313 e. The number of aromatic nitrogens is 4. The first kappa shape index (κ1) is 13.1. The van der Waals surface area contributed by atoms with E-state index < -0.39 is 11.2 Å². The van der Waals surface area contributed by atoms with E-state index in [2.05, 4.69) is 27.1 Å². The van der Waals surface area contributed by atoms with Gasteiger partial charge in [0.25, 0.3) is 5.56 Å². The van der Waals surface area contributed by atoms with Gasteiger partial charge in [-0.15, -0.1) is 10.2 Å². The number of rotatable bonds is 3. The molecule has 1 aliphatic carbocycles. The van der Waals surface area contributed by atoms with Crippen molar-refractivity contribution in [1.82, 2.24) is 20.2 Å². The van der Waals surface area contributed by atoms with E-state index in [-0.39, 0.29) is 5.56 Å². The lowest BCUT2D eigenvalue weighted by atomic mass is 10.1. The molecule has 1 fully saturated rings. The van der Waals surface area contributed by atoms with E-state index in [1.807, 2.05) is 0 Å². The average Bonchev–Trinajstić information content (AvgIpc) is 3.19. The molecule has 2 aromatic heterocycles. The largest absolute Gasteiger partial charge is 0.325 e. The molecule has 3 rings (SSSR count).